The summed E-state index contributed by atoms with van der Waals surface area (Å²) in [7, 11) is 0. The molecule has 0 unspecified atom stereocenters. The molecule has 1 N–H and O–H groups in total. The van der Waals surface area contributed by atoms with E-state index < -0.39 is 4.92 Å². The molecule has 2 aromatic rings. The second-order valence-electron chi connectivity index (χ2n) is 4.61. The summed E-state index contributed by atoms with van der Waals surface area (Å²) >= 11 is 1.55. The maximum absolute atomic E-state index is 10.6. The van der Waals surface area contributed by atoms with Crippen LogP contribution in [0, 0.1) is 16.0 Å². The van der Waals surface area contributed by atoms with Crippen molar-refractivity contribution in [2.45, 2.75) is 13.8 Å². The van der Waals surface area contributed by atoms with E-state index in [2.05, 4.69) is 24.1 Å². The quantitative estimate of drug-likeness (QED) is 0.667. The normalized spacial score (nSPS) is 10.7. The third-order valence-electron chi connectivity index (χ3n) is 2.53. The van der Waals surface area contributed by atoms with E-state index in [9.17, 15) is 10.1 Å². The zero-order valence-corrected chi connectivity index (χ0v) is 11.6. The van der Waals surface area contributed by atoms with E-state index in [1.807, 2.05) is 0 Å². The largest absolute Gasteiger partial charge is 0.361 e. The second kappa shape index (κ2) is 5.79. The van der Waals surface area contributed by atoms with Crippen LogP contribution in [0.15, 0.2) is 30.5 Å². The average Bonchev–Trinajstić information content (AvgIpc) is 2.85. The highest BCUT2D eigenvalue weighted by Gasteiger charge is 2.08. The number of nitro benzene ring substituents is 1. The highest BCUT2D eigenvalue weighted by atomic mass is 32.1. The van der Waals surface area contributed by atoms with Crippen molar-refractivity contribution in [1.29, 1.82) is 0 Å². The van der Waals surface area contributed by atoms with Crippen molar-refractivity contribution in [2.75, 3.05) is 11.9 Å². The van der Waals surface area contributed by atoms with Crippen LogP contribution in [0.25, 0.3) is 10.4 Å². The molecule has 0 atom stereocenters. The summed E-state index contributed by atoms with van der Waals surface area (Å²) in [4.78, 5) is 15.5. The molecule has 0 aliphatic rings. The molecule has 0 aliphatic heterocycles. The number of non-ortho nitro benzene ring substituents is 1. The van der Waals surface area contributed by atoms with Gasteiger partial charge in [-0.3, -0.25) is 10.1 Å². The Balaban J connectivity index is 2.11. The fourth-order valence-electron chi connectivity index (χ4n) is 1.53. The van der Waals surface area contributed by atoms with E-state index in [0.29, 0.717) is 5.92 Å². The second-order valence-corrected chi connectivity index (χ2v) is 5.64. The van der Waals surface area contributed by atoms with Gasteiger partial charge in [-0.05, 0) is 23.6 Å². The van der Waals surface area contributed by atoms with Crippen molar-refractivity contribution in [2.24, 2.45) is 5.92 Å². The number of benzene rings is 1. The Kier molecular flexibility index (Phi) is 4.11. The van der Waals surface area contributed by atoms with Gasteiger partial charge in [0.25, 0.3) is 5.69 Å². The first-order valence-corrected chi connectivity index (χ1v) is 6.82. The summed E-state index contributed by atoms with van der Waals surface area (Å²) in [6, 6.07) is 6.52. The molecular weight excluding hydrogens is 262 g/mol. The number of thiazole rings is 1. The number of hydrogen-bond donors (Lipinski definition) is 1. The minimum atomic E-state index is -0.397. The predicted octanol–water partition coefficient (Wildman–Crippen LogP) is 3.79. The third kappa shape index (κ3) is 3.51. The Hall–Kier alpha value is -1.95. The Morgan fingerprint density at radius 3 is 2.63 bits per heavy atom. The number of nitro groups is 1. The highest BCUT2D eigenvalue weighted by Crippen LogP contribution is 2.30. The maximum Gasteiger partial charge on any atom is 0.269 e. The summed E-state index contributed by atoms with van der Waals surface area (Å²) in [5.41, 5.74) is 1.05. The highest BCUT2D eigenvalue weighted by molar-refractivity contribution is 7.18. The summed E-state index contributed by atoms with van der Waals surface area (Å²) in [5, 5.41) is 14.7. The fraction of sp³-hybridized carbons (Fsp3) is 0.308. The molecule has 2 rings (SSSR count). The molecule has 1 aromatic carbocycles. The van der Waals surface area contributed by atoms with Crippen molar-refractivity contribution in [3.8, 4) is 10.4 Å². The zero-order valence-electron chi connectivity index (χ0n) is 10.8. The molecule has 1 aromatic heterocycles. The Morgan fingerprint density at radius 1 is 1.37 bits per heavy atom. The van der Waals surface area contributed by atoms with Crippen LogP contribution in [0.4, 0.5) is 10.8 Å². The van der Waals surface area contributed by atoms with Crippen molar-refractivity contribution < 1.29 is 4.92 Å². The smallest absolute Gasteiger partial charge is 0.269 e. The first kappa shape index (κ1) is 13.5. The van der Waals surface area contributed by atoms with Crippen molar-refractivity contribution in [1.82, 2.24) is 4.98 Å². The van der Waals surface area contributed by atoms with Gasteiger partial charge in [-0.2, -0.15) is 0 Å². The molecule has 6 heteroatoms. The maximum atomic E-state index is 10.6. The average molecular weight is 277 g/mol. The third-order valence-corrected chi connectivity index (χ3v) is 3.53. The van der Waals surface area contributed by atoms with Crippen LogP contribution in [-0.2, 0) is 0 Å². The summed E-state index contributed by atoms with van der Waals surface area (Å²) in [5.74, 6) is 0.562. The van der Waals surface area contributed by atoms with Gasteiger partial charge in [0.1, 0.15) is 0 Å². The molecule has 0 aliphatic carbocycles. The lowest BCUT2D eigenvalue weighted by atomic mass is 10.2. The van der Waals surface area contributed by atoms with Gasteiger partial charge in [-0.15, -0.1) is 0 Å². The number of nitrogens with one attached hydrogen (secondary N) is 1. The summed E-state index contributed by atoms with van der Waals surface area (Å²) in [6.45, 7) is 5.16. The van der Waals surface area contributed by atoms with E-state index in [4.69, 9.17) is 0 Å². The van der Waals surface area contributed by atoms with Gasteiger partial charge in [0.05, 0.1) is 9.80 Å². The molecule has 0 radical (unpaired) electrons. The van der Waals surface area contributed by atoms with Crippen molar-refractivity contribution in [3.63, 3.8) is 0 Å². The van der Waals surface area contributed by atoms with Gasteiger partial charge >= 0.3 is 0 Å². The minimum absolute atomic E-state index is 0.103. The van der Waals surface area contributed by atoms with Crippen LogP contribution in [0.5, 0.6) is 0 Å². The van der Waals surface area contributed by atoms with Gasteiger partial charge in [0, 0.05) is 24.9 Å². The lowest BCUT2D eigenvalue weighted by molar-refractivity contribution is -0.384. The Labute approximate surface area is 115 Å². The van der Waals surface area contributed by atoms with Crippen molar-refractivity contribution >= 4 is 22.2 Å². The number of rotatable bonds is 5. The van der Waals surface area contributed by atoms with Crippen LogP contribution in [-0.4, -0.2) is 16.5 Å². The monoisotopic (exact) mass is 277 g/mol. The zero-order chi connectivity index (χ0) is 13.8. The van der Waals surface area contributed by atoms with E-state index in [-0.39, 0.29) is 5.69 Å². The lowest BCUT2D eigenvalue weighted by Gasteiger charge is -2.04. The number of nitrogens with zero attached hydrogens (tertiary/aromatic N) is 2. The predicted molar refractivity (Wildman–Crippen MR) is 77.5 cm³/mol. The topological polar surface area (TPSA) is 68.1 Å². The van der Waals surface area contributed by atoms with Crippen LogP contribution >= 0.6 is 11.3 Å². The minimum Gasteiger partial charge on any atom is -0.361 e. The van der Waals surface area contributed by atoms with Crippen LogP contribution in [0.2, 0.25) is 0 Å². The molecule has 100 valence electrons. The standard InChI is InChI=1S/C13H15N3O2S/c1-9(2)7-14-13-15-8-12(19-13)10-3-5-11(6-4-10)16(17)18/h3-6,8-9H,7H2,1-2H3,(H,14,15). The van der Waals surface area contributed by atoms with Crippen molar-refractivity contribution in [3.05, 3.63) is 40.6 Å². The van der Waals surface area contributed by atoms with Crippen LogP contribution in [0.1, 0.15) is 13.8 Å². The molecule has 0 amide bonds. The van der Waals surface area contributed by atoms with Crippen LogP contribution in [0.3, 0.4) is 0 Å². The van der Waals surface area contributed by atoms with E-state index >= 15 is 0 Å². The number of hydrogen-bond acceptors (Lipinski definition) is 5. The molecule has 5 nitrogen and oxygen atoms in total. The van der Waals surface area contributed by atoms with Gasteiger partial charge in [-0.25, -0.2) is 4.98 Å². The molecule has 19 heavy (non-hydrogen) atoms. The Morgan fingerprint density at radius 2 is 2.05 bits per heavy atom. The summed E-state index contributed by atoms with van der Waals surface area (Å²) < 4.78 is 0. The molecule has 1 heterocycles. The number of anilines is 1. The van der Waals surface area contributed by atoms with E-state index in [0.717, 1.165) is 22.1 Å². The molecule has 0 saturated carbocycles. The first-order valence-electron chi connectivity index (χ1n) is 6.01. The molecule has 0 spiro atoms. The molecule has 0 fully saturated rings. The van der Waals surface area contributed by atoms with E-state index in [1.165, 1.54) is 12.1 Å². The summed E-state index contributed by atoms with van der Waals surface area (Å²) in [6.07, 6.45) is 1.79. The van der Waals surface area contributed by atoms with Crippen LogP contribution < -0.4 is 5.32 Å². The lowest BCUT2D eigenvalue weighted by Crippen LogP contribution is -2.07. The first-order chi connectivity index (χ1) is 9.06. The molecular formula is C13H15N3O2S. The van der Waals surface area contributed by atoms with E-state index in [1.54, 1.807) is 29.7 Å². The number of aromatic nitrogens is 1. The van der Waals surface area contributed by atoms with Gasteiger partial charge in [0.15, 0.2) is 5.13 Å². The van der Waals surface area contributed by atoms with Gasteiger partial charge in [0.2, 0.25) is 0 Å². The Bertz CT molecular complexity index is 564. The molecule has 0 bridgehead atoms. The van der Waals surface area contributed by atoms with Gasteiger partial charge in [-0.1, -0.05) is 25.2 Å². The molecule has 0 saturated heterocycles. The SMILES string of the molecule is CC(C)CNc1ncc(-c2ccc([N+](=O)[O-])cc2)s1. The fourth-order valence-corrected chi connectivity index (χ4v) is 2.36. The van der Waals surface area contributed by atoms with Gasteiger partial charge < -0.3 is 5.32 Å².